The molecule has 1 aromatic heterocycles. The fourth-order valence-electron chi connectivity index (χ4n) is 4.62. The lowest BCUT2D eigenvalue weighted by molar-refractivity contribution is 0.415. The SMILES string of the molecule is COc1ccc(N(c2ccc(O)cc2)c2cccc(-n3c(-c4ccccc4)nc4ccccc43)c2)cc1. The molecule has 0 aliphatic rings. The number of fused-ring (bicyclic) bond motifs is 1. The molecule has 0 saturated heterocycles. The summed E-state index contributed by atoms with van der Waals surface area (Å²) in [5.41, 5.74) is 6.92. The normalized spacial score (nSPS) is 10.9. The lowest BCUT2D eigenvalue weighted by atomic mass is 10.1. The number of benzene rings is 5. The molecule has 180 valence electrons. The number of nitrogens with zero attached hydrogens (tertiary/aromatic N) is 3. The van der Waals surface area contributed by atoms with Gasteiger partial charge in [-0.25, -0.2) is 4.98 Å². The number of rotatable bonds is 6. The van der Waals surface area contributed by atoms with Gasteiger partial charge in [0, 0.05) is 28.3 Å². The number of para-hydroxylation sites is 2. The van der Waals surface area contributed by atoms with E-state index < -0.39 is 0 Å². The highest BCUT2D eigenvalue weighted by molar-refractivity contribution is 5.84. The first-order chi connectivity index (χ1) is 18.2. The van der Waals surface area contributed by atoms with E-state index in [1.54, 1.807) is 19.2 Å². The molecule has 1 N–H and O–H groups in total. The highest BCUT2D eigenvalue weighted by atomic mass is 16.5. The number of hydrogen-bond donors (Lipinski definition) is 1. The van der Waals surface area contributed by atoms with Gasteiger partial charge in [-0.15, -0.1) is 0 Å². The Balaban J connectivity index is 1.54. The van der Waals surface area contributed by atoms with E-state index in [-0.39, 0.29) is 5.75 Å². The minimum atomic E-state index is 0.226. The number of phenols is 1. The van der Waals surface area contributed by atoms with Crippen molar-refractivity contribution in [3.63, 3.8) is 0 Å². The molecule has 0 saturated carbocycles. The summed E-state index contributed by atoms with van der Waals surface area (Å²) in [6.45, 7) is 0. The summed E-state index contributed by atoms with van der Waals surface area (Å²) in [6.07, 6.45) is 0. The van der Waals surface area contributed by atoms with E-state index in [0.29, 0.717) is 0 Å². The third-order valence-corrected chi connectivity index (χ3v) is 6.38. The Morgan fingerprint density at radius 1 is 0.676 bits per heavy atom. The van der Waals surface area contributed by atoms with Crippen LogP contribution in [0.1, 0.15) is 0 Å². The van der Waals surface area contributed by atoms with Crippen LogP contribution in [0.5, 0.6) is 11.5 Å². The average molecular weight is 484 g/mol. The van der Waals surface area contributed by atoms with Crippen molar-refractivity contribution >= 4 is 28.1 Å². The lowest BCUT2D eigenvalue weighted by Gasteiger charge is -2.26. The fraction of sp³-hybridized carbons (Fsp3) is 0.0312. The highest BCUT2D eigenvalue weighted by Crippen LogP contribution is 2.38. The maximum atomic E-state index is 9.91. The number of ether oxygens (including phenoxy) is 1. The van der Waals surface area contributed by atoms with Gasteiger partial charge in [0.25, 0.3) is 0 Å². The van der Waals surface area contributed by atoms with E-state index >= 15 is 0 Å². The average Bonchev–Trinajstić information content (AvgIpc) is 3.35. The summed E-state index contributed by atoms with van der Waals surface area (Å²) >= 11 is 0. The third kappa shape index (κ3) is 4.28. The van der Waals surface area contributed by atoms with Gasteiger partial charge in [0.1, 0.15) is 17.3 Å². The van der Waals surface area contributed by atoms with Crippen molar-refractivity contribution in [2.24, 2.45) is 0 Å². The minimum absolute atomic E-state index is 0.226. The maximum Gasteiger partial charge on any atom is 0.145 e. The molecular weight excluding hydrogens is 458 g/mol. The first kappa shape index (κ1) is 22.4. The summed E-state index contributed by atoms with van der Waals surface area (Å²) in [7, 11) is 1.66. The molecule has 5 aromatic carbocycles. The fourth-order valence-corrected chi connectivity index (χ4v) is 4.62. The molecule has 0 radical (unpaired) electrons. The van der Waals surface area contributed by atoms with E-state index in [9.17, 15) is 5.11 Å². The zero-order valence-corrected chi connectivity index (χ0v) is 20.3. The number of hydrogen-bond acceptors (Lipinski definition) is 4. The Bertz CT molecular complexity index is 1660. The largest absolute Gasteiger partial charge is 0.508 e. The van der Waals surface area contributed by atoms with Crippen LogP contribution in [0.3, 0.4) is 0 Å². The number of aromatic nitrogens is 2. The van der Waals surface area contributed by atoms with Crippen LogP contribution in [0, 0.1) is 0 Å². The summed E-state index contributed by atoms with van der Waals surface area (Å²) in [4.78, 5) is 7.14. The molecule has 0 atom stereocenters. The van der Waals surface area contributed by atoms with Crippen LogP contribution in [0.15, 0.2) is 127 Å². The number of imidazole rings is 1. The Kier molecular flexibility index (Phi) is 5.79. The van der Waals surface area contributed by atoms with Crippen LogP contribution in [0.25, 0.3) is 28.1 Å². The zero-order valence-electron chi connectivity index (χ0n) is 20.3. The quantitative estimate of drug-likeness (QED) is 0.262. The Morgan fingerprint density at radius 2 is 1.35 bits per heavy atom. The summed E-state index contributed by atoms with van der Waals surface area (Å²) in [6, 6.07) is 42.0. The first-order valence-corrected chi connectivity index (χ1v) is 12.1. The predicted molar refractivity (Wildman–Crippen MR) is 149 cm³/mol. The molecule has 37 heavy (non-hydrogen) atoms. The second-order valence-electron chi connectivity index (χ2n) is 8.70. The van der Waals surface area contributed by atoms with Crippen molar-refractivity contribution < 1.29 is 9.84 Å². The molecule has 6 rings (SSSR count). The van der Waals surface area contributed by atoms with Crippen molar-refractivity contribution in [2.75, 3.05) is 12.0 Å². The van der Waals surface area contributed by atoms with Gasteiger partial charge in [-0.05, 0) is 78.9 Å². The van der Waals surface area contributed by atoms with Gasteiger partial charge in [-0.3, -0.25) is 4.57 Å². The molecule has 5 nitrogen and oxygen atoms in total. The number of anilines is 3. The van der Waals surface area contributed by atoms with Gasteiger partial charge in [0.15, 0.2) is 0 Å². The van der Waals surface area contributed by atoms with Gasteiger partial charge in [-0.2, -0.15) is 0 Å². The van der Waals surface area contributed by atoms with Gasteiger partial charge >= 0.3 is 0 Å². The van der Waals surface area contributed by atoms with Crippen molar-refractivity contribution in [2.45, 2.75) is 0 Å². The first-order valence-electron chi connectivity index (χ1n) is 12.1. The van der Waals surface area contributed by atoms with Crippen LogP contribution in [-0.4, -0.2) is 21.8 Å². The van der Waals surface area contributed by atoms with Crippen molar-refractivity contribution in [3.8, 4) is 28.6 Å². The number of aromatic hydroxyl groups is 1. The lowest BCUT2D eigenvalue weighted by Crippen LogP contribution is -2.10. The zero-order chi connectivity index (χ0) is 25.2. The van der Waals surface area contributed by atoms with Gasteiger partial charge < -0.3 is 14.7 Å². The summed E-state index contributed by atoms with van der Waals surface area (Å²) in [5, 5.41) is 9.91. The van der Waals surface area contributed by atoms with Gasteiger partial charge in [0.05, 0.1) is 18.1 Å². The highest BCUT2D eigenvalue weighted by Gasteiger charge is 2.17. The smallest absolute Gasteiger partial charge is 0.145 e. The van der Waals surface area contributed by atoms with Gasteiger partial charge in [0.2, 0.25) is 0 Å². The second-order valence-corrected chi connectivity index (χ2v) is 8.70. The van der Waals surface area contributed by atoms with E-state index in [1.165, 1.54) is 0 Å². The van der Waals surface area contributed by atoms with Crippen LogP contribution in [-0.2, 0) is 0 Å². The molecule has 0 fully saturated rings. The van der Waals surface area contributed by atoms with Crippen molar-refractivity contribution in [1.29, 1.82) is 0 Å². The minimum Gasteiger partial charge on any atom is -0.508 e. The summed E-state index contributed by atoms with van der Waals surface area (Å²) < 4.78 is 7.58. The topological polar surface area (TPSA) is 50.5 Å². The molecule has 1 heterocycles. The third-order valence-electron chi connectivity index (χ3n) is 6.38. The monoisotopic (exact) mass is 483 g/mol. The molecule has 0 bridgehead atoms. The van der Waals surface area contributed by atoms with E-state index in [4.69, 9.17) is 9.72 Å². The van der Waals surface area contributed by atoms with Crippen LogP contribution >= 0.6 is 0 Å². The molecular formula is C32H25N3O2. The Morgan fingerprint density at radius 3 is 2.08 bits per heavy atom. The van der Waals surface area contributed by atoms with Crippen LogP contribution < -0.4 is 9.64 Å². The molecule has 0 aliphatic carbocycles. The molecule has 5 heteroatoms. The number of phenolic OH excluding ortho intramolecular Hbond substituents is 1. The molecule has 0 unspecified atom stereocenters. The van der Waals surface area contributed by atoms with E-state index in [2.05, 4.69) is 51.9 Å². The number of methoxy groups -OCH3 is 1. The summed E-state index contributed by atoms with van der Waals surface area (Å²) in [5.74, 6) is 1.91. The molecule has 0 amide bonds. The van der Waals surface area contributed by atoms with Crippen LogP contribution in [0.2, 0.25) is 0 Å². The predicted octanol–water partition coefficient (Wildman–Crippen LogP) is 7.88. The van der Waals surface area contributed by atoms with E-state index in [0.717, 1.165) is 50.9 Å². The van der Waals surface area contributed by atoms with Gasteiger partial charge in [-0.1, -0.05) is 48.5 Å². The molecule has 6 aromatic rings. The maximum absolute atomic E-state index is 9.91. The Labute approximate surface area is 215 Å². The molecule has 0 aliphatic heterocycles. The van der Waals surface area contributed by atoms with Crippen molar-refractivity contribution in [1.82, 2.24) is 9.55 Å². The standard InChI is InChI=1S/C32H25N3O2/c1-37-29-20-16-25(17-21-29)34(24-14-18-28(36)19-15-24)26-10-7-11-27(22-26)35-31-13-6-5-12-30(31)33-32(35)23-8-3-2-4-9-23/h2-22,36H,1H3. The Hall–Kier alpha value is -5.03. The van der Waals surface area contributed by atoms with E-state index in [1.807, 2.05) is 72.8 Å². The van der Waals surface area contributed by atoms with Crippen molar-refractivity contribution in [3.05, 3.63) is 127 Å². The van der Waals surface area contributed by atoms with Crippen LogP contribution in [0.4, 0.5) is 17.1 Å². The molecule has 0 spiro atoms. The second kappa shape index (κ2) is 9.55.